The Hall–Kier alpha value is -3.10. The van der Waals surface area contributed by atoms with E-state index < -0.39 is 11.7 Å². The van der Waals surface area contributed by atoms with Crippen LogP contribution < -0.4 is 10.1 Å². The summed E-state index contributed by atoms with van der Waals surface area (Å²) in [6.45, 7) is 3.50. The van der Waals surface area contributed by atoms with Crippen molar-refractivity contribution >= 4 is 5.91 Å². The fraction of sp³-hybridized carbons (Fsp3) is 0.417. The third-order valence-electron chi connectivity index (χ3n) is 6.40. The molecular formula is C24H28N4O4. The summed E-state index contributed by atoms with van der Waals surface area (Å²) in [5, 5.41) is 3.03. The summed E-state index contributed by atoms with van der Waals surface area (Å²) >= 11 is 0. The first-order valence-electron chi connectivity index (χ1n) is 11.0. The molecule has 8 nitrogen and oxygen atoms in total. The monoisotopic (exact) mass is 436 g/mol. The molecule has 0 saturated carbocycles. The van der Waals surface area contributed by atoms with Crippen LogP contribution in [0.4, 0.5) is 0 Å². The summed E-state index contributed by atoms with van der Waals surface area (Å²) in [6, 6.07) is 9.69. The van der Waals surface area contributed by atoms with Crippen LogP contribution in [0.2, 0.25) is 0 Å². The second-order valence-corrected chi connectivity index (χ2v) is 8.48. The molecule has 5 rings (SSSR count). The molecule has 168 valence electrons. The number of fused-ring (bicyclic) bond motifs is 2. The highest BCUT2D eigenvalue weighted by Gasteiger charge is 2.47. The fourth-order valence-corrected chi connectivity index (χ4v) is 4.67. The largest absolute Gasteiger partial charge is 0.497 e. The number of carbonyl (C=O) groups is 1. The highest BCUT2D eigenvalue weighted by Crippen LogP contribution is 2.40. The van der Waals surface area contributed by atoms with E-state index in [2.05, 4.69) is 19.8 Å². The van der Waals surface area contributed by atoms with E-state index in [1.807, 2.05) is 36.5 Å². The van der Waals surface area contributed by atoms with E-state index >= 15 is 0 Å². The fourth-order valence-electron chi connectivity index (χ4n) is 4.67. The highest BCUT2D eigenvalue weighted by atomic mass is 16.5. The zero-order valence-corrected chi connectivity index (χ0v) is 18.2. The number of likely N-dealkylation sites (tertiary alicyclic amines) is 1. The summed E-state index contributed by atoms with van der Waals surface area (Å²) in [7, 11) is 1.64. The first-order chi connectivity index (χ1) is 15.6. The number of hydrogen-bond donors (Lipinski definition) is 1. The quantitative estimate of drug-likeness (QED) is 0.640. The minimum Gasteiger partial charge on any atom is -0.497 e. The van der Waals surface area contributed by atoms with Crippen LogP contribution in [0.5, 0.6) is 5.75 Å². The van der Waals surface area contributed by atoms with Crippen molar-refractivity contribution in [1.29, 1.82) is 0 Å². The molecule has 0 unspecified atom stereocenters. The van der Waals surface area contributed by atoms with Crippen molar-refractivity contribution in [3.8, 4) is 5.75 Å². The Morgan fingerprint density at radius 2 is 2.16 bits per heavy atom. The van der Waals surface area contributed by atoms with Gasteiger partial charge in [0.15, 0.2) is 6.10 Å². The maximum Gasteiger partial charge on any atom is 0.251 e. The third-order valence-corrected chi connectivity index (χ3v) is 6.40. The van der Waals surface area contributed by atoms with Crippen LogP contribution in [0.25, 0.3) is 0 Å². The zero-order chi connectivity index (χ0) is 22.0. The van der Waals surface area contributed by atoms with Crippen LogP contribution in [-0.2, 0) is 34.8 Å². The smallest absolute Gasteiger partial charge is 0.251 e. The third kappa shape index (κ3) is 4.16. The van der Waals surface area contributed by atoms with Gasteiger partial charge < -0.3 is 23.8 Å². The molecule has 1 spiro atoms. The van der Waals surface area contributed by atoms with Gasteiger partial charge in [0.1, 0.15) is 17.2 Å². The first kappa shape index (κ1) is 20.8. The van der Waals surface area contributed by atoms with E-state index in [-0.39, 0.29) is 5.91 Å². The maximum absolute atomic E-state index is 13.0. The summed E-state index contributed by atoms with van der Waals surface area (Å²) < 4.78 is 19.0. The zero-order valence-electron chi connectivity index (χ0n) is 18.2. The average molecular weight is 437 g/mol. The lowest BCUT2D eigenvalue weighted by atomic mass is 9.88. The van der Waals surface area contributed by atoms with Crippen LogP contribution in [0.15, 0.2) is 59.7 Å². The molecule has 2 aromatic heterocycles. The second-order valence-electron chi connectivity index (χ2n) is 8.48. The number of hydrogen-bond acceptors (Lipinski definition) is 6. The number of amides is 1. The lowest BCUT2D eigenvalue weighted by Crippen LogP contribution is -2.53. The van der Waals surface area contributed by atoms with Gasteiger partial charge >= 0.3 is 0 Å². The standard InChI is InChI=1S/C24H28N4O4/c1-30-20-4-2-3-18(13-20)14-26-22(29)21-16-28-11-8-25-23(28)24(32-21)6-9-27(10-7-24)15-19-5-12-31-17-19/h2-5,8,11-13,17,21H,6-7,9-10,14-16H2,1H3,(H,26,29)/t21-/m1/s1. The van der Waals surface area contributed by atoms with Gasteiger partial charge in [-0.3, -0.25) is 9.69 Å². The molecule has 1 atom stereocenters. The maximum atomic E-state index is 13.0. The predicted octanol–water partition coefficient (Wildman–Crippen LogP) is 2.69. The Balaban J connectivity index is 1.25. The van der Waals surface area contributed by atoms with Crippen LogP contribution >= 0.6 is 0 Å². The van der Waals surface area contributed by atoms with Gasteiger partial charge in [0.2, 0.25) is 0 Å². The molecule has 1 N–H and O–H groups in total. The van der Waals surface area contributed by atoms with Gasteiger partial charge in [0.25, 0.3) is 5.91 Å². The average Bonchev–Trinajstić information content (AvgIpc) is 3.52. The molecule has 3 aromatic rings. The number of rotatable bonds is 6. The Kier molecular flexibility index (Phi) is 5.71. The van der Waals surface area contributed by atoms with Gasteiger partial charge in [-0.25, -0.2) is 4.98 Å². The van der Waals surface area contributed by atoms with E-state index in [0.717, 1.165) is 49.6 Å². The van der Waals surface area contributed by atoms with E-state index in [9.17, 15) is 4.79 Å². The highest BCUT2D eigenvalue weighted by molar-refractivity contribution is 5.81. The molecule has 1 amide bonds. The van der Waals surface area contributed by atoms with Crippen LogP contribution in [0.1, 0.15) is 29.8 Å². The van der Waals surface area contributed by atoms with Gasteiger partial charge in [0.05, 0.1) is 26.2 Å². The molecular weight excluding hydrogens is 408 g/mol. The van der Waals surface area contributed by atoms with Crippen molar-refractivity contribution < 1.29 is 18.7 Å². The molecule has 1 saturated heterocycles. The number of benzene rings is 1. The van der Waals surface area contributed by atoms with Crippen molar-refractivity contribution in [2.75, 3.05) is 20.2 Å². The van der Waals surface area contributed by atoms with Crippen molar-refractivity contribution in [2.24, 2.45) is 0 Å². The second kappa shape index (κ2) is 8.80. The van der Waals surface area contributed by atoms with Gasteiger partial charge in [-0.15, -0.1) is 0 Å². The van der Waals surface area contributed by atoms with E-state index in [1.54, 1.807) is 25.8 Å². The number of imidazole rings is 1. The molecule has 1 fully saturated rings. The molecule has 8 heteroatoms. The summed E-state index contributed by atoms with van der Waals surface area (Å²) in [4.78, 5) is 20.0. The van der Waals surface area contributed by atoms with Gasteiger partial charge in [-0.1, -0.05) is 12.1 Å². The van der Waals surface area contributed by atoms with Crippen molar-refractivity contribution in [3.05, 3.63) is 72.2 Å². The number of nitrogens with one attached hydrogen (secondary N) is 1. The molecule has 2 aliphatic heterocycles. The Morgan fingerprint density at radius 3 is 2.94 bits per heavy atom. The Bertz CT molecular complexity index is 1050. The minimum atomic E-state index is -0.553. The molecule has 0 aliphatic carbocycles. The number of furan rings is 1. The number of carbonyl (C=O) groups excluding carboxylic acids is 1. The summed E-state index contributed by atoms with van der Waals surface area (Å²) in [5.41, 5.74) is 1.62. The molecule has 1 aromatic carbocycles. The summed E-state index contributed by atoms with van der Waals surface area (Å²) in [5.74, 6) is 1.60. The number of nitrogens with zero attached hydrogens (tertiary/aromatic N) is 3. The van der Waals surface area contributed by atoms with Crippen LogP contribution in [0.3, 0.4) is 0 Å². The number of piperidine rings is 1. The van der Waals surface area contributed by atoms with Crippen LogP contribution in [-0.4, -0.2) is 46.7 Å². The number of aromatic nitrogens is 2. The molecule has 0 bridgehead atoms. The van der Waals surface area contributed by atoms with E-state index in [0.29, 0.717) is 13.1 Å². The lowest BCUT2D eigenvalue weighted by molar-refractivity contribution is -0.174. The van der Waals surface area contributed by atoms with E-state index in [4.69, 9.17) is 13.9 Å². The molecule has 0 radical (unpaired) electrons. The van der Waals surface area contributed by atoms with E-state index in [1.165, 1.54) is 5.56 Å². The molecule has 4 heterocycles. The molecule has 32 heavy (non-hydrogen) atoms. The minimum absolute atomic E-state index is 0.104. The Labute approximate surface area is 187 Å². The number of methoxy groups -OCH3 is 1. The lowest BCUT2D eigenvalue weighted by Gasteiger charge is -2.45. The topological polar surface area (TPSA) is 81.8 Å². The normalized spacial score (nSPS) is 20.1. The van der Waals surface area contributed by atoms with Gasteiger partial charge in [-0.05, 0) is 36.6 Å². The van der Waals surface area contributed by atoms with Gasteiger partial charge in [0, 0.05) is 44.1 Å². The SMILES string of the molecule is COc1cccc(CNC(=O)[C@H]2Cn3ccnc3C3(CCN(Cc4ccoc4)CC3)O2)c1. The van der Waals surface area contributed by atoms with Gasteiger partial charge in [-0.2, -0.15) is 0 Å². The first-order valence-corrected chi connectivity index (χ1v) is 11.0. The van der Waals surface area contributed by atoms with Crippen molar-refractivity contribution in [2.45, 2.75) is 44.2 Å². The molecule has 2 aliphatic rings. The predicted molar refractivity (Wildman–Crippen MR) is 117 cm³/mol. The summed E-state index contributed by atoms with van der Waals surface area (Å²) in [6.07, 6.45) is 8.27. The Morgan fingerprint density at radius 1 is 1.28 bits per heavy atom. The number of ether oxygens (including phenoxy) is 2. The van der Waals surface area contributed by atoms with Crippen molar-refractivity contribution in [3.63, 3.8) is 0 Å². The van der Waals surface area contributed by atoms with Crippen molar-refractivity contribution in [1.82, 2.24) is 19.8 Å². The van der Waals surface area contributed by atoms with Crippen LogP contribution in [0, 0.1) is 0 Å².